The van der Waals surface area contributed by atoms with Crippen LogP contribution in [0.1, 0.15) is 22.8 Å². The Labute approximate surface area is 128 Å². The molecule has 0 spiro atoms. The summed E-state index contributed by atoms with van der Waals surface area (Å²) < 4.78 is 5.22. The molecule has 0 unspecified atom stereocenters. The highest BCUT2D eigenvalue weighted by Gasteiger charge is 2.07. The van der Waals surface area contributed by atoms with Gasteiger partial charge in [-0.3, -0.25) is 9.59 Å². The Balaban J connectivity index is 2.00. The highest BCUT2D eigenvalue weighted by Crippen LogP contribution is 2.13. The van der Waals surface area contributed by atoms with Crippen LogP contribution in [0.3, 0.4) is 0 Å². The zero-order chi connectivity index (χ0) is 15.9. The zero-order valence-corrected chi connectivity index (χ0v) is 12.2. The number of hydrogen-bond acceptors (Lipinski definition) is 4. The molecule has 114 valence electrons. The van der Waals surface area contributed by atoms with Crippen molar-refractivity contribution in [3.05, 3.63) is 53.7 Å². The average molecular weight is 299 g/mol. The van der Waals surface area contributed by atoms with Crippen LogP contribution in [0.5, 0.6) is 5.88 Å². The second-order valence-electron chi connectivity index (χ2n) is 4.61. The van der Waals surface area contributed by atoms with Gasteiger partial charge in [0.05, 0.1) is 18.6 Å². The minimum Gasteiger partial charge on any atom is -0.478 e. The van der Waals surface area contributed by atoms with Crippen molar-refractivity contribution >= 4 is 17.5 Å². The summed E-state index contributed by atoms with van der Waals surface area (Å²) in [4.78, 5) is 26.9. The molecule has 2 aromatic rings. The minimum absolute atomic E-state index is 0.178. The van der Waals surface area contributed by atoms with Gasteiger partial charge in [0.15, 0.2) is 0 Å². The molecule has 2 rings (SSSR count). The number of pyridine rings is 1. The molecule has 0 saturated heterocycles. The van der Waals surface area contributed by atoms with E-state index < -0.39 is 5.91 Å². The molecule has 0 fully saturated rings. The van der Waals surface area contributed by atoms with Gasteiger partial charge >= 0.3 is 0 Å². The van der Waals surface area contributed by atoms with Crippen LogP contribution in [0, 0.1) is 0 Å². The molecular formula is C16H17N3O3. The molecule has 1 aromatic heterocycles. The van der Waals surface area contributed by atoms with Crippen molar-refractivity contribution in [1.82, 2.24) is 4.98 Å². The second kappa shape index (κ2) is 7.21. The molecule has 0 radical (unpaired) electrons. The van der Waals surface area contributed by atoms with Crippen molar-refractivity contribution in [2.45, 2.75) is 13.3 Å². The lowest BCUT2D eigenvalue weighted by molar-refractivity contribution is -0.117. The van der Waals surface area contributed by atoms with Crippen molar-refractivity contribution in [2.24, 2.45) is 5.73 Å². The van der Waals surface area contributed by atoms with Gasteiger partial charge in [-0.25, -0.2) is 4.98 Å². The first kappa shape index (κ1) is 15.5. The Morgan fingerprint density at radius 3 is 2.45 bits per heavy atom. The second-order valence-corrected chi connectivity index (χ2v) is 4.61. The van der Waals surface area contributed by atoms with E-state index >= 15 is 0 Å². The third kappa shape index (κ3) is 4.31. The third-order valence-corrected chi connectivity index (χ3v) is 2.88. The van der Waals surface area contributed by atoms with Crippen LogP contribution < -0.4 is 15.8 Å². The van der Waals surface area contributed by atoms with Crippen molar-refractivity contribution in [3.63, 3.8) is 0 Å². The average Bonchev–Trinajstić information content (AvgIpc) is 2.50. The van der Waals surface area contributed by atoms with Crippen molar-refractivity contribution < 1.29 is 14.3 Å². The molecule has 0 atom stereocenters. The number of carbonyl (C=O) groups is 2. The highest BCUT2D eigenvalue weighted by atomic mass is 16.5. The first-order chi connectivity index (χ1) is 10.6. The molecule has 2 amide bonds. The number of nitrogens with zero attached hydrogens (tertiary/aromatic N) is 1. The summed E-state index contributed by atoms with van der Waals surface area (Å²) in [6, 6.07) is 10.2. The summed E-state index contributed by atoms with van der Waals surface area (Å²) in [5.74, 6) is -0.176. The fraction of sp³-hybridized carbons (Fsp3) is 0.188. The van der Waals surface area contributed by atoms with Gasteiger partial charge in [0.25, 0.3) is 5.91 Å². The number of benzene rings is 1. The van der Waals surface area contributed by atoms with Gasteiger partial charge in [0.2, 0.25) is 11.8 Å². The predicted molar refractivity (Wildman–Crippen MR) is 82.7 cm³/mol. The van der Waals surface area contributed by atoms with Crippen molar-refractivity contribution in [2.75, 3.05) is 11.9 Å². The van der Waals surface area contributed by atoms with Gasteiger partial charge in [-0.1, -0.05) is 12.1 Å². The normalized spacial score (nSPS) is 10.0. The molecule has 0 aliphatic heterocycles. The van der Waals surface area contributed by atoms with E-state index in [4.69, 9.17) is 10.5 Å². The van der Waals surface area contributed by atoms with E-state index in [0.29, 0.717) is 23.7 Å². The van der Waals surface area contributed by atoms with Crippen LogP contribution >= 0.6 is 0 Å². The number of primary amides is 1. The molecule has 0 aliphatic carbocycles. The fourth-order valence-electron chi connectivity index (χ4n) is 1.86. The van der Waals surface area contributed by atoms with Crippen molar-refractivity contribution in [1.29, 1.82) is 0 Å². The van der Waals surface area contributed by atoms with Crippen LogP contribution in [0.4, 0.5) is 5.69 Å². The molecule has 3 N–H and O–H groups in total. The van der Waals surface area contributed by atoms with E-state index in [9.17, 15) is 9.59 Å². The summed E-state index contributed by atoms with van der Waals surface area (Å²) >= 11 is 0. The van der Waals surface area contributed by atoms with E-state index in [1.165, 1.54) is 6.20 Å². The lowest BCUT2D eigenvalue weighted by Crippen LogP contribution is -2.14. The Morgan fingerprint density at radius 1 is 1.18 bits per heavy atom. The molecule has 0 aliphatic rings. The van der Waals surface area contributed by atoms with E-state index in [1.807, 2.05) is 6.92 Å². The Hall–Kier alpha value is -2.89. The van der Waals surface area contributed by atoms with Gasteiger partial charge in [-0.05, 0) is 30.7 Å². The van der Waals surface area contributed by atoms with E-state index in [-0.39, 0.29) is 12.3 Å². The summed E-state index contributed by atoms with van der Waals surface area (Å²) in [6.07, 6.45) is 1.64. The van der Waals surface area contributed by atoms with Crippen LogP contribution in [-0.4, -0.2) is 23.4 Å². The van der Waals surface area contributed by atoms with E-state index in [1.54, 1.807) is 36.4 Å². The quantitative estimate of drug-likeness (QED) is 0.849. The van der Waals surface area contributed by atoms with Crippen LogP contribution in [0.15, 0.2) is 42.6 Å². The van der Waals surface area contributed by atoms with Crippen LogP contribution in [-0.2, 0) is 11.2 Å². The monoisotopic (exact) mass is 299 g/mol. The first-order valence-electron chi connectivity index (χ1n) is 6.86. The number of ether oxygens (including phenoxy) is 1. The smallest absolute Gasteiger partial charge is 0.257 e. The molecule has 0 bridgehead atoms. The Bertz CT molecular complexity index is 651. The molecule has 1 aromatic carbocycles. The summed E-state index contributed by atoms with van der Waals surface area (Å²) in [6.45, 7) is 2.39. The van der Waals surface area contributed by atoms with E-state index in [2.05, 4.69) is 10.3 Å². The van der Waals surface area contributed by atoms with Gasteiger partial charge in [0.1, 0.15) is 0 Å². The number of amides is 2. The maximum atomic E-state index is 12.1. The summed E-state index contributed by atoms with van der Waals surface area (Å²) in [5, 5.41) is 2.75. The SMILES string of the molecule is CCOc1ccc(C(=O)Nc2ccc(CC(N)=O)cc2)cn1. The van der Waals surface area contributed by atoms with Crippen LogP contribution in [0.25, 0.3) is 0 Å². The van der Waals surface area contributed by atoms with Gasteiger partial charge in [-0.2, -0.15) is 0 Å². The zero-order valence-electron chi connectivity index (χ0n) is 12.2. The molecular weight excluding hydrogens is 282 g/mol. The summed E-state index contributed by atoms with van der Waals surface area (Å²) in [7, 11) is 0. The lowest BCUT2D eigenvalue weighted by atomic mass is 10.1. The highest BCUT2D eigenvalue weighted by molar-refractivity contribution is 6.04. The first-order valence-corrected chi connectivity index (χ1v) is 6.86. The number of nitrogens with two attached hydrogens (primary N) is 1. The van der Waals surface area contributed by atoms with E-state index in [0.717, 1.165) is 5.56 Å². The molecule has 1 heterocycles. The standard InChI is InChI=1S/C16H17N3O3/c1-2-22-15-8-5-12(10-18-15)16(21)19-13-6-3-11(4-7-13)9-14(17)20/h3-8,10H,2,9H2,1H3,(H2,17,20)(H,19,21). The lowest BCUT2D eigenvalue weighted by Gasteiger charge is -2.07. The number of nitrogens with one attached hydrogen (secondary N) is 1. The van der Waals surface area contributed by atoms with Crippen LogP contribution in [0.2, 0.25) is 0 Å². The minimum atomic E-state index is -0.391. The molecule has 22 heavy (non-hydrogen) atoms. The topological polar surface area (TPSA) is 94.3 Å². The number of anilines is 1. The maximum Gasteiger partial charge on any atom is 0.257 e. The fourth-order valence-corrected chi connectivity index (χ4v) is 1.86. The number of rotatable bonds is 6. The number of carbonyl (C=O) groups excluding carboxylic acids is 2. The van der Waals surface area contributed by atoms with Gasteiger partial charge in [0, 0.05) is 18.0 Å². The third-order valence-electron chi connectivity index (χ3n) is 2.88. The Kier molecular flexibility index (Phi) is 5.08. The largest absolute Gasteiger partial charge is 0.478 e. The van der Waals surface area contributed by atoms with Gasteiger partial charge in [-0.15, -0.1) is 0 Å². The summed E-state index contributed by atoms with van der Waals surface area (Å²) in [5.41, 5.74) is 6.99. The van der Waals surface area contributed by atoms with Crippen molar-refractivity contribution in [3.8, 4) is 5.88 Å². The predicted octanol–water partition coefficient (Wildman–Crippen LogP) is 1.76. The maximum absolute atomic E-state index is 12.1. The number of hydrogen-bond donors (Lipinski definition) is 2. The van der Waals surface area contributed by atoms with Gasteiger partial charge < -0.3 is 15.8 Å². The molecule has 6 heteroatoms. The molecule has 6 nitrogen and oxygen atoms in total. The number of aromatic nitrogens is 1. The Morgan fingerprint density at radius 2 is 1.91 bits per heavy atom. The molecule has 0 saturated carbocycles.